The SMILES string of the molecule is Cc1cc(NC(=O)C(CC(C)C)NC(=O)c2ccc(Cl)cc2)ccc1N1CCN(C)CC1. The summed E-state index contributed by atoms with van der Waals surface area (Å²) in [5.74, 6) is -0.255. The Morgan fingerprint density at radius 1 is 1.03 bits per heavy atom. The minimum absolute atomic E-state index is 0.215. The standard InChI is InChI=1S/C25H33ClN4O2/c1-17(2)15-22(28-24(31)19-5-7-20(26)8-6-19)25(32)27-21-9-10-23(18(3)16-21)30-13-11-29(4)12-14-30/h5-10,16-17,22H,11-15H2,1-4H3,(H,27,32)(H,28,31). The Morgan fingerprint density at radius 3 is 2.28 bits per heavy atom. The molecular formula is C25H33ClN4O2. The van der Waals surface area contributed by atoms with E-state index in [1.54, 1.807) is 24.3 Å². The van der Waals surface area contributed by atoms with Gasteiger partial charge in [0.25, 0.3) is 5.91 Å². The second-order valence-corrected chi connectivity index (χ2v) is 9.38. The van der Waals surface area contributed by atoms with Crippen LogP contribution in [0.3, 0.4) is 0 Å². The zero-order valence-corrected chi connectivity index (χ0v) is 20.1. The molecule has 0 aliphatic carbocycles. The highest BCUT2D eigenvalue weighted by Gasteiger charge is 2.23. The summed E-state index contributed by atoms with van der Waals surface area (Å²) in [6.45, 7) is 10.2. The van der Waals surface area contributed by atoms with Gasteiger partial charge in [-0.2, -0.15) is 0 Å². The van der Waals surface area contributed by atoms with E-state index in [1.165, 1.54) is 5.69 Å². The third-order valence-electron chi connectivity index (χ3n) is 5.74. The molecule has 1 aliphatic heterocycles. The van der Waals surface area contributed by atoms with Gasteiger partial charge in [-0.25, -0.2) is 0 Å². The highest BCUT2D eigenvalue weighted by molar-refractivity contribution is 6.30. The number of piperazine rings is 1. The zero-order valence-electron chi connectivity index (χ0n) is 19.3. The van der Waals surface area contributed by atoms with Crippen molar-refractivity contribution >= 4 is 34.8 Å². The van der Waals surface area contributed by atoms with Crippen molar-refractivity contribution in [1.82, 2.24) is 10.2 Å². The predicted molar refractivity (Wildman–Crippen MR) is 132 cm³/mol. The van der Waals surface area contributed by atoms with Crippen LogP contribution in [0.15, 0.2) is 42.5 Å². The molecule has 2 N–H and O–H groups in total. The Hall–Kier alpha value is -2.57. The van der Waals surface area contributed by atoms with Gasteiger partial charge in [-0.05, 0) is 74.3 Å². The third-order valence-corrected chi connectivity index (χ3v) is 6.00. The van der Waals surface area contributed by atoms with Gasteiger partial charge in [0.2, 0.25) is 5.91 Å². The molecule has 2 amide bonds. The number of carbonyl (C=O) groups excluding carboxylic acids is 2. The molecule has 1 unspecified atom stereocenters. The van der Waals surface area contributed by atoms with E-state index in [2.05, 4.69) is 40.5 Å². The number of benzene rings is 2. The predicted octanol–water partition coefficient (Wildman–Crippen LogP) is 4.18. The van der Waals surface area contributed by atoms with E-state index in [1.807, 2.05) is 26.0 Å². The lowest BCUT2D eigenvalue weighted by atomic mass is 10.0. The largest absolute Gasteiger partial charge is 0.369 e. The second kappa shape index (κ2) is 10.8. The van der Waals surface area contributed by atoms with Crippen molar-refractivity contribution in [2.24, 2.45) is 5.92 Å². The average Bonchev–Trinajstić information content (AvgIpc) is 2.74. The molecule has 0 saturated carbocycles. The molecule has 0 spiro atoms. The molecule has 2 aromatic carbocycles. The molecular weight excluding hydrogens is 424 g/mol. The number of hydrogen-bond donors (Lipinski definition) is 2. The van der Waals surface area contributed by atoms with Crippen molar-refractivity contribution < 1.29 is 9.59 Å². The third kappa shape index (κ3) is 6.47. The maximum atomic E-state index is 13.0. The lowest BCUT2D eigenvalue weighted by Gasteiger charge is -2.35. The number of likely N-dealkylation sites (N-methyl/N-ethyl adjacent to an activating group) is 1. The number of rotatable bonds is 7. The molecule has 1 heterocycles. The van der Waals surface area contributed by atoms with Gasteiger partial charge in [0.05, 0.1) is 0 Å². The number of halogens is 1. The molecule has 2 aromatic rings. The van der Waals surface area contributed by atoms with Crippen LogP contribution < -0.4 is 15.5 Å². The topological polar surface area (TPSA) is 64.7 Å². The molecule has 0 bridgehead atoms. The fourth-order valence-electron chi connectivity index (χ4n) is 3.91. The summed E-state index contributed by atoms with van der Waals surface area (Å²) < 4.78 is 0. The summed E-state index contributed by atoms with van der Waals surface area (Å²) in [7, 11) is 2.14. The van der Waals surface area contributed by atoms with Crippen molar-refractivity contribution in [3.8, 4) is 0 Å². The number of nitrogens with one attached hydrogen (secondary N) is 2. The maximum absolute atomic E-state index is 13.0. The molecule has 6 nitrogen and oxygen atoms in total. The molecule has 7 heteroatoms. The van der Waals surface area contributed by atoms with Crippen LogP contribution >= 0.6 is 11.6 Å². The number of amides is 2. The van der Waals surface area contributed by atoms with Gasteiger partial charge in [0.1, 0.15) is 6.04 Å². The summed E-state index contributed by atoms with van der Waals surface area (Å²) in [6, 6.07) is 12.0. The second-order valence-electron chi connectivity index (χ2n) is 8.94. The van der Waals surface area contributed by atoms with Crippen molar-refractivity contribution in [3.05, 3.63) is 58.6 Å². The van der Waals surface area contributed by atoms with Gasteiger partial charge in [-0.15, -0.1) is 0 Å². The van der Waals surface area contributed by atoms with Crippen LogP contribution in [0.2, 0.25) is 5.02 Å². The smallest absolute Gasteiger partial charge is 0.251 e. The van der Waals surface area contributed by atoms with Gasteiger partial charge < -0.3 is 20.4 Å². The molecule has 3 rings (SSSR count). The molecule has 0 aromatic heterocycles. The van der Waals surface area contributed by atoms with E-state index < -0.39 is 6.04 Å². The van der Waals surface area contributed by atoms with Crippen molar-refractivity contribution in [3.63, 3.8) is 0 Å². The van der Waals surface area contributed by atoms with Crippen molar-refractivity contribution in [2.45, 2.75) is 33.2 Å². The quantitative estimate of drug-likeness (QED) is 0.655. The fraction of sp³-hybridized carbons (Fsp3) is 0.440. The molecule has 32 heavy (non-hydrogen) atoms. The molecule has 172 valence electrons. The van der Waals surface area contributed by atoms with Crippen LogP contribution in [-0.2, 0) is 4.79 Å². The Kier molecular flexibility index (Phi) is 8.15. The highest BCUT2D eigenvalue weighted by atomic mass is 35.5. The first kappa shape index (κ1) is 24.1. The number of nitrogens with zero attached hydrogens (tertiary/aromatic N) is 2. The van der Waals surface area contributed by atoms with E-state index in [4.69, 9.17) is 11.6 Å². The Balaban J connectivity index is 1.68. The summed E-state index contributed by atoms with van der Waals surface area (Å²) >= 11 is 5.91. The molecule has 1 fully saturated rings. The Bertz CT molecular complexity index is 937. The minimum atomic E-state index is -0.629. The van der Waals surface area contributed by atoms with Crippen LogP contribution in [0, 0.1) is 12.8 Å². The molecule has 1 aliphatic rings. The highest BCUT2D eigenvalue weighted by Crippen LogP contribution is 2.25. The number of carbonyl (C=O) groups is 2. The number of hydrogen-bond acceptors (Lipinski definition) is 4. The Labute approximate surface area is 195 Å². The van der Waals surface area contributed by atoms with E-state index >= 15 is 0 Å². The van der Waals surface area contributed by atoms with E-state index in [0.717, 1.165) is 37.4 Å². The maximum Gasteiger partial charge on any atom is 0.251 e. The minimum Gasteiger partial charge on any atom is -0.369 e. The van der Waals surface area contributed by atoms with Gasteiger partial charge in [-0.3, -0.25) is 9.59 Å². The van der Waals surface area contributed by atoms with Gasteiger partial charge in [-0.1, -0.05) is 25.4 Å². The lowest BCUT2D eigenvalue weighted by molar-refractivity contribution is -0.118. The summed E-state index contributed by atoms with van der Waals surface area (Å²) in [4.78, 5) is 30.4. The van der Waals surface area contributed by atoms with E-state index in [-0.39, 0.29) is 17.7 Å². The molecule has 1 atom stereocenters. The van der Waals surface area contributed by atoms with Gasteiger partial charge in [0, 0.05) is 48.1 Å². The number of anilines is 2. The van der Waals surface area contributed by atoms with Crippen LogP contribution in [0.25, 0.3) is 0 Å². The summed E-state index contributed by atoms with van der Waals surface area (Å²) in [5, 5.41) is 6.43. The van der Waals surface area contributed by atoms with Crippen LogP contribution in [0.5, 0.6) is 0 Å². The van der Waals surface area contributed by atoms with Crippen LogP contribution in [0.1, 0.15) is 36.2 Å². The van der Waals surface area contributed by atoms with E-state index in [0.29, 0.717) is 17.0 Å². The monoisotopic (exact) mass is 456 g/mol. The fourth-order valence-corrected chi connectivity index (χ4v) is 4.04. The molecule has 0 radical (unpaired) electrons. The van der Waals surface area contributed by atoms with Crippen molar-refractivity contribution in [2.75, 3.05) is 43.4 Å². The first-order valence-corrected chi connectivity index (χ1v) is 11.5. The number of aryl methyl sites for hydroxylation is 1. The van der Waals surface area contributed by atoms with Crippen molar-refractivity contribution in [1.29, 1.82) is 0 Å². The first-order chi connectivity index (χ1) is 15.2. The first-order valence-electron chi connectivity index (χ1n) is 11.1. The normalized spacial score (nSPS) is 15.5. The lowest BCUT2D eigenvalue weighted by Crippen LogP contribution is -2.45. The van der Waals surface area contributed by atoms with E-state index in [9.17, 15) is 9.59 Å². The molecule has 1 saturated heterocycles. The Morgan fingerprint density at radius 2 is 1.69 bits per heavy atom. The zero-order chi connectivity index (χ0) is 23.3. The van der Waals surface area contributed by atoms with Crippen LogP contribution in [0.4, 0.5) is 11.4 Å². The summed E-state index contributed by atoms with van der Waals surface area (Å²) in [6.07, 6.45) is 0.545. The van der Waals surface area contributed by atoms with Gasteiger partial charge >= 0.3 is 0 Å². The van der Waals surface area contributed by atoms with Crippen LogP contribution in [-0.4, -0.2) is 56.0 Å². The summed E-state index contributed by atoms with van der Waals surface area (Å²) in [5.41, 5.74) is 3.53. The average molecular weight is 457 g/mol. The van der Waals surface area contributed by atoms with Gasteiger partial charge in [0.15, 0.2) is 0 Å².